The summed E-state index contributed by atoms with van der Waals surface area (Å²) in [6.07, 6.45) is 1.05. The number of rotatable bonds is 9. The number of ether oxygens (including phenoxy) is 2. The zero-order valence-corrected chi connectivity index (χ0v) is 11.8. The normalized spacial score (nSPS) is 10.6. The molecule has 1 aromatic rings. The molecule has 0 heterocycles. The summed E-state index contributed by atoms with van der Waals surface area (Å²) in [6.45, 7) is 10.4. The Balaban J connectivity index is 2.05. The van der Waals surface area contributed by atoms with E-state index in [1.165, 1.54) is 11.1 Å². The van der Waals surface area contributed by atoms with Crippen LogP contribution in [-0.4, -0.2) is 32.9 Å². The van der Waals surface area contributed by atoms with E-state index < -0.39 is 0 Å². The summed E-state index contributed by atoms with van der Waals surface area (Å²) in [5, 5.41) is 3.34. The topological polar surface area (TPSA) is 30.5 Å². The van der Waals surface area contributed by atoms with E-state index in [9.17, 15) is 0 Å². The average Bonchev–Trinajstić information content (AvgIpc) is 2.37. The molecule has 1 aromatic carbocycles. The lowest BCUT2D eigenvalue weighted by atomic mass is 10.1. The summed E-state index contributed by atoms with van der Waals surface area (Å²) >= 11 is 0. The second kappa shape index (κ2) is 8.95. The summed E-state index contributed by atoms with van der Waals surface area (Å²) in [5.41, 5.74) is 2.58. The van der Waals surface area contributed by atoms with E-state index in [0.29, 0.717) is 6.61 Å². The first kappa shape index (κ1) is 15.0. The molecule has 0 fully saturated rings. The molecule has 0 saturated carbocycles. The number of hydrogen-bond donors (Lipinski definition) is 1. The van der Waals surface area contributed by atoms with Gasteiger partial charge in [0.25, 0.3) is 0 Å². The van der Waals surface area contributed by atoms with Crippen LogP contribution in [0.3, 0.4) is 0 Å². The largest absolute Gasteiger partial charge is 0.492 e. The van der Waals surface area contributed by atoms with Crippen molar-refractivity contribution in [2.45, 2.75) is 27.2 Å². The lowest BCUT2D eigenvalue weighted by Gasteiger charge is -2.09. The summed E-state index contributed by atoms with van der Waals surface area (Å²) in [4.78, 5) is 0. The Hall–Kier alpha value is -1.06. The van der Waals surface area contributed by atoms with Gasteiger partial charge in [0.05, 0.1) is 0 Å². The van der Waals surface area contributed by atoms with E-state index in [-0.39, 0.29) is 0 Å². The third kappa shape index (κ3) is 6.03. The lowest BCUT2D eigenvalue weighted by molar-refractivity contribution is 0.144. The van der Waals surface area contributed by atoms with Crippen molar-refractivity contribution in [3.05, 3.63) is 29.3 Å². The Morgan fingerprint density at radius 2 is 1.89 bits per heavy atom. The van der Waals surface area contributed by atoms with Crippen molar-refractivity contribution in [2.24, 2.45) is 0 Å². The van der Waals surface area contributed by atoms with Crippen molar-refractivity contribution < 1.29 is 9.47 Å². The van der Waals surface area contributed by atoms with Crippen LogP contribution in [0.5, 0.6) is 5.75 Å². The van der Waals surface area contributed by atoms with Gasteiger partial charge >= 0.3 is 0 Å². The monoisotopic (exact) mass is 251 g/mol. The molecule has 0 bridgehead atoms. The molecule has 0 atom stereocenters. The van der Waals surface area contributed by atoms with Gasteiger partial charge in [0, 0.05) is 19.8 Å². The second-order valence-electron chi connectivity index (χ2n) is 4.40. The van der Waals surface area contributed by atoms with Crippen LogP contribution in [-0.2, 0) is 4.74 Å². The Bertz CT molecular complexity index is 339. The smallest absolute Gasteiger partial charge is 0.119 e. The summed E-state index contributed by atoms with van der Waals surface area (Å²) in [7, 11) is 0. The molecule has 0 spiro atoms. The van der Waals surface area contributed by atoms with E-state index in [1.807, 2.05) is 13.0 Å². The van der Waals surface area contributed by atoms with Crippen LogP contribution in [0.1, 0.15) is 24.5 Å². The van der Waals surface area contributed by atoms with Gasteiger partial charge in [0.2, 0.25) is 0 Å². The van der Waals surface area contributed by atoms with Crippen molar-refractivity contribution in [2.75, 3.05) is 32.9 Å². The van der Waals surface area contributed by atoms with Crippen LogP contribution in [0.2, 0.25) is 0 Å². The highest BCUT2D eigenvalue weighted by molar-refractivity contribution is 5.33. The van der Waals surface area contributed by atoms with Gasteiger partial charge in [-0.25, -0.2) is 0 Å². The fraction of sp³-hybridized carbons (Fsp3) is 0.600. The molecule has 0 saturated heterocycles. The van der Waals surface area contributed by atoms with Gasteiger partial charge in [0.15, 0.2) is 0 Å². The number of aryl methyl sites for hydroxylation is 2. The van der Waals surface area contributed by atoms with E-state index in [0.717, 1.165) is 38.5 Å². The van der Waals surface area contributed by atoms with Crippen molar-refractivity contribution in [3.8, 4) is 5.75 Å². The van der Waals surface area contributed by atoms with Gasteiger partial charge in [0.1, 0.15) is 12.4 Å². The van der Waals surface area contributed by atoms with E-state index in [1.54, 1.807) is 0 Å². The highest BCUT2D eigenvalue weighted by Crippen LogP contribution is 2.15. The Labute approximate surface area is 110 Å². The average molecular weight is 251 g/mol. The van der Waals surface area contributed by atoms with Crippen molar-refractivity contribution in [1.29, 1.82) is 0 Å². The van der Waals surface area contributed by atoms with Crippen LogP contribution in [0.25, 0.3) is 0 Å². The zero-order chi connectivity index (χ0) is 13.2. The Morgan fingerprint density at radius 1 is 1.06 bits per heavy atom. The first-order chi connectivity index (χ1) is 8.74. The van der Waals surface area contributed by atoms with E-state index in [2.05, 4.69) is 31.3 Å². The molecule has 0 aliphatic heterocycles. The van der Waals surface area contributed by atoms with Gasteiger partial charge in [-0.05, 0) is 57.0 Å². The number of benzene rings is 1. The van der Waals surface area contributed by atoms with Crippen LogP contribution >= 0.6 is 0 Å². The van der Waals surface area contributed by atoms with Gasteiger partial charge < -0.3 is 14.8 Å². The van der Waals surface area contributed by atoms with Gasteiger partial charge in [-0.1, -0.05) is 6.07 Å². The molecule has 102 valence electrons. The van der Waals surface area contributed by atoms with Crippen molar-refractivity contribution in [3.63, 3.8) is 0 Å². The maximum atomic E-state index is 5.68. The highest BCUT2D eigenvalue weighted by Gasteiger charge is 1.97. The molecule has 0 aliphatic rings. The molecule has 0 radical (unpaired) electrons. The third-order valence-electron chi connectivity index (χ3n) is 2.87. The molecule has 0 aliphatic carbocycles. The SMILES string of the molecule is CCOCCCNCCOc1ccc(C)c(C)c1. The first-order valence-electron chi connectivity index (χ1n) is 6.72. The predicted molar refractivity (Wildman–Crippen MR) is 75.4 cm³/mol. The molecule has 3 nitrogen and oxygen atoms in total. The third-order valence-corrected chi connectivity index (χ3v) is 2.87. The Morgan fingerprint density at radius 3 is 2.61 bits per heavy atom. The quantitative estimate of drug-likeness (QED) is 0.685. The molecule has 1 N–H and O–H groups in total. The van der Waals surface area contributed by atoms with Crippen molar-refractivity contribution >= 4 is 0 Å². The molecule has 0 unspecified atom stereocenters. The van der Waals surface area contributed by atoms with E-state index in [4.69, 9.17) is 9.47 Å². The molecule has 0 amide bonds. The van der Waals surface area contributed by atoms with Crippen molar-refractivity contribution in [1.82, 2.24) is 5.32 Å². The maximum Gasteiger partial charge on any atom is 0.119 e. The zero-order valence-electron chi connectivity index (χ0n) is 11.8. The lowest BCUT2D eigenvalue weighted by Crippen LogP contribution is -2.23. The minimum Gasteiger partial charge on any atom is -0.492 e. The number of hydrogen-bond acceptors (Lipinski definition) is 3. The maximum absolute atomic E-state index is 5.68. The first-order valence-corrected chi connectivity index (χ1v) is 6.72. The van der Waals surface area contributed by atoms with Crippen LogP contribution in [0.4, 0.5) is 0 Å². The highest BCUT2D eigenvalue weighted by atomic mass is 16.5. The minimum absolute atomic E-state index is 0.705. The second-order valence-corrected chi connectivity index (χ2v) is 4.40. The molecule has 0 aromatic heterocycles. The standard InChI is InChI=1S/C15H25NO2/c1-4-17-10-5-8-16-9-11-18-15-7-6-13(2)14(3)12-15/h6-7,12,16H,4-5,8-11H2,1-3H3. The van der Waals surface area contributed by atoms with Gasteiger partial charge in [-0.2, -0.15) is 0 Å². The summed E-state index contributed by atoms with van der Waals surface area (Å²) in [6, 6.07) is 6.21. The van der Waals surface area contributed by atoms with E-state index >= 15 is 0 Å². The molecular weight excluding hydrogens is 226 g/mol. The molecular formula is C15H25NO2. The minimum atomic E-state index is 0.705. The molecule has 18 heavy (non-hydrogen) atoms. The van der Waals surface area contributed by atoms with Gasteiger partial charge in [-0.15, -0.1) is 0 Å². The Kier molecular flexibility index (Phi) is 7.46. The van der Waals surface area contributed by atoms with Crippen LogP contribution in [0.15, 0.2) is 18.2 Å². The summed E-state index contributed by atoms with van der Waals surface area (Å²) < 4.78 is 10.9. The predicted octanol–water partition coefficient (Wildman–Crippen LogP) is 2.70. The van der Waals surface area contributed by atoms with Gasteiger partial charge in [-0.3, -0.25) is 0 Å². The van der Waals surface area contributed by atoms with Crippen LogP contribution < -0.4 is 10.1 Å². The molecule has 3 heteroatoms. The van der Waals surface area contributed by atoms with Crippen LogP contribution in [0, 0.1) is 13.8 Å². The number of nitrogens with one attached hydrogen (secondary N) is 1. The fourth-order valence-electron chi connectivity index (χ4n) is 1.61. The fourth-order valence-corrected chi connectivity index (χ4v) is 1.61. The summed E-state index contributed by atoms with van der Waals surface area (Å²) in [5.74, 6) is 0.953. The molecule has 1 rings (SSSR count).